The van der Waals surface area contributed by atoms with Crippen LogP contribution in [0.3, 0.4) is 0 Å². The third kappa shape index (κ3) is 2.13. The number of carbonyl (C=O) groups excluding carboxylic acids is 1. The summed E-state index contributed by atoms with van der Waals surface area (Å²) < 4.78 is 26.7. The summed E-state index contributed by atoms with van der Waals surface area (Å²) in [6.07, 6.45) is 5.57. The summed E-state index contributed by atoms with van der Waals surface area (Å²) >= 11 is 0. The van der Waals surface area contributed by atoms with Gasteiger partial charge in [-0.05, 0) is 24.5 Å². The van der Waals surface area contributed by atoms with Gasteiger partial charge in [-0.2, -0.15) is 0 Å². The lowest BCUT2D eigenvalue weighted by Crippen LogP contribution is -2.36. The molecular formula is C14H11F2N3O. The summed E-state index contributed by atoms with van der Waals surface area (Å²) in [5, 5.41) is 0. The molecule has 0 atom stereocenters. The van der Waals surface area contributed by atoms with Gasteiger partial charge < -0.3 is 4.90 Å². The van der Waals surface area contributed by atoms with Crippen LogP contribution in [-0.2, 0) is 6.42 Å². The van der Waals surface area contributed by atoms with Crippen LogP contribution in [-0.4, -0.2) is 22.4 Å². The van der Waals surface area contributed by atoms with Crippen LogP contribution in [0.25, 0.3) is 0 Å². The number of hydrogen-bond donors (Lipinski definition) is 0. The first kappa shape index (κ1) is 12.7. The van der Waals surface area contributed by atoms with Gasteiger partial charge in [0.15, 0.2) is 11.6 Å². The van der Waals surface area contributed by atoms with E-state index in [1.165, 1.54) is 23.5 Å². The second kappa shape index (κ2) is 4.96. The molecule has 0 unspecified atom stereocenters. The van der Waals surface area contributed by atoms with Gasteiger partial charge in [-0.15, -0.1) is 0 Å². The van der Waals surface area contributed by atoms with E-state index in [4.69, 9.17) is 0 Å². The van der Waals surface area contributed by atoms with Crippen LogP contribution in [0.2, 0.25) is 0 Å². The van der Waals surface area contributed by atoms with Crippen LogP contribution in [0.15, 0.2) is 30.7 Å². The van der Waals surface area contributed by atoms with E-state index in [-0.39, 0.29) is 11.6 Å². The van der Waals surface area contributed by atoms with Crippen LogP contribution in [0.1, 0.15) is 22.5 Å². The number of hydrogen-bond acceptors (Lipinski definition) is 3. The zero-order valence-electron chi connectivity index (χ0n) is 10.5. The Bertz CT molecular complexity index is 661. The molecule has 0 radical (unpaired) electrons. The molecule has 6 heteroatoms. The van der Waals surface area contributed by atoms with Gasteiger partial charge in [-0.1, -0.05) is 0 Å². The van der Waals surface area contributed by atoms with E-state index in [9.17, 15) is 13.6 Å². The van der Waals surface area contributed by atoms with E-state index in [0.717, 1.165) is 12.1 Å². The van der Waals surface area contributed by atoms with Crippen molar-refractivity contribution in [3.05, 3.63) is 53.6 Å². The first-order valence-electron chi connectivity index (χ1n) is 6.22. The van der Waals surface area contributed by atoms with Crippen LogP contribution < -0.4 is 4.90 Å². The average Bonchev–Trinajstić information content (AvgIpc) is 2.48. The summed E-state index contributed by atoms with van der Waals surface area (Å²) in [6, 6.07) is 2.22. The van der Waals surface area contributed by atoms with Crippen molar-refractivity contribution in [1.82, 2.24) is 9.97 Å². The summed E-state index contributed by atoms with van der Waals surface area (Å²) in [5.74, 6) is -2.20. The Kier molecular flexibility index (Phi) is 3.14. The van der Waals surface area contributed by atoms with Crippen LogP contribution >= 0.6 is 0 Å². The molecule has 0 fully saturated rings. The minimum atomic E-state index is -0.956. The molecular weight excluding hydrogens is 264 g/mol. The minimum absolute atomic E-state index is 0.185. The van der Waals surface area contributed by atoms with Crippen molar-refractivity contribution in [3.63, 3.8) is 0 Å². The largest absolute Gasteiger partial charge is 0.307 e. The maximum absolute atomic E-state index is 13.4. The molecule has 3 rings (SSSR count). The van der Waals surface area contributed by atoms with Crippen molar-refractivity contribution in [2.24, 2.45) is 0 Å². The molecule has 2 aromatic rings. The molecule has 0 spiro atoms. The molecule has 1 aliphatic heterocycles. The predicted molar refractivity (Wildman–Crippen MR) is 68.4 cm³/mol. The standard InChI is InChI=1S/C14H11F2N3O/c15-10-6-9-2-1-5-19(13(9)7-11(10)16)14(20)12-8-17-3-4-18-12/h3-4,6-8H,1-2,5H2. The molecule has 0 saturated carbocycles. The smallest absolute Gasteiger partial charge is 0.278 e. The number of carbonyl (C=O) groups is 1. The molecule has 102 valence electrons. The summed E-state index contributed by atoms with van der Waals surface area (Å²) in [4.78, 5) is 21.6. The van der Waals surface area contributed by atoms with Crippen LogP contribution in [0, 0.1) is 11.6 Å². The second-order valence-corrected chi connectivity index (χ2v) is 4.55. The lowest BCUT2D eigenvalue weighted by molar-refractivity contribution is 0.0980. The van der Waals surface area contributed by atoms with Gasteiger partial charge in [-0.25, -0.2) is 13.8 Å². The number of anilines is 1. The zero-order valence-corrected chi connectivity index (χ0v) is 10.5. The number of amides is 1. The quantitative estimate of drug-likeness (QED) is 0.802. The van der Waals surface area contributed by atoms with Crippen molar-refractivity contribution in [3.8, 4) is 0 Å². The Hall–Kier alpha value is -2.37. The van der Waals surface area contributed by atoms with Crippen molar-refractivity contribution in [2.75, 3.05) is 11.4 Å². The molecule has 0 bridgehead atoms. The van der Waals surface area contributed by atoms with E-state index in [1.807, 2.05) is 0 Å². The normalized spacial score (nSPS) is 14.0. The first-order chi connectivity index (χ1) is 9.66. The maximum atomic E-state index is 13.4. The number of aryl methyl sites for hydroxylation is 1. The summed E-state index contributed by atoms with van der Waals surface area (Å²) in [5.41, 5.74) is 1.23. The van der Waals surface area contributed by atoms with E-state index in [0.29, 0.717) is 30.6 Å². The molecule has 1 aliphatic rings. The van der Waals surface area contributed by atoms with Gasteiger partial charge in [0, 0.05) is 25.0 Å². The fourth-order valence-electron chi connectivity index (χ4n) is 2.34. The Labute approximate surface area is 114 Å². The van der Waals surface area contributed by atoms with Crippen LogP contribution in [0.5, 0.6) is 0 Å². The summed E-state index contributed by atoms with van der Waals surface area (Å²) in [6.45, 7) is 0.452. The van der Waals surface area contributed by atoms with Gasteiger partial charge in [-0.3, -0.25) is 9.78 Å². The maximum Gasteiger partial charge on any atom is 0.278 e. The molecule has 20 heavy (non-hydrogen) atoms. The molecule has 1 amide bonds. The highest BCUT2D eigenvalue weighted by Gasteiger charge is 2.26. The molecule has 2 heterocycles. The topological polar surface area (TPSA) is 46.1 Å². The van der Waals surface area contributed by atoms with Gasteiger partial charge in [0.25, 0.3) is 5.91 Å². The molecule has 4 nitrogen and oxygen atoms in total. The second-order valence-electron chi connectivity index (χ2n) is 4.55. The number of benzene rings is 1. The molecule has 0 saturated heterocycles. The highest BCUT2D eigenvalue weighted by atomic mass is 19.2. The van der Waals surface area contributed by atoms with Gasteiger partial charge in [0.2, 0.25) is 0 Å². The number of rotatable bonds is 1. The van der Waals surface area contributed by atoms with E-state index in [2.05, 4.69) is 9.97 Å². The van der Waals surface area contributed by atoms with E-state index in [1.54, 1.807) is 0 Å². The van der Waals surface area contributed by atoms with Crippen LogP contribution in [0.4, 0.5) is 14.5 Å². The Balaban J connectivity index is 2.02. The fourth-order valence-corrected chi connectivity index (χ4v) is 2.34. The first-order valence-corrected chi connectivity index (χ1v) is 6.22. The highest BCUT2D eigenvalue weighted by molar-refractivity contribution is 6.05. The minimum Gasteiger partial charge on any atom is -0.307 e. The predicted octanol–water partition coefficient (Wildman–Crippen LogP) is 2.35. The van der Waals surface area contributed by atoms with Crippen molar-refractivity contribution >= 4 is 11.6 Å². The van der Waals surface area contributed by atoms with E-state index < -0.39 is 11.6 Å². The van der Waals surface area contributed by atoms with Gasteiger partial charge in [0.05, 0.1) is 11.9 Å². The monoisotopic (exact) mass is 275 g/mol. The summed E-state index contributed by atoms with van der Waals surface area (Å²) in [7, 11) is 0. The SMILES string of the molecule is O=C(c1cnccn1)N1CCCc2cc(F)c(F)cc21. The third-order valence-corrected chi connectivity index (χ3v) is 3.27. The van der Waals surface area contributed by atoms with Gasteiger partial charge in [0.1, 0.15) is 5.69 Å². The van der Waals surface area contributed by atoms with Crippen molar-refractivity contribution in [2.45, 2.75) is 12.8 Å². The number of nitrogens with zero attached hydrogens (tertiary/aromatic N) is 3. The molecule has 0 aliphatic carbocycles. The number of aromatic nitrogens is 2. The zero-order chi connectivity index (χ0) is 14.1. The average molecular weight is 275 g/mol. The highest BCUT2D eigenvalue weighted by Crippen LogP contribution is 2.30. The van der Waals surface area contributed by atoms with Gasteiger partial charge >= 0.3 is 0 Å². The lowest BCUT2D eigenvalue weighted by Gasteiger charge is -2.29. The van der Waals surface area contributed by atoms with Crippen molar-refractivity contribution in [1.29, 1.82) is 0 Å². The fraction of sp³-hybridized carbons (Fsp3) is 0.214. The number of fused-ring (bicyclic) bond motifs is 1. The lowest BCUT2D eigenvalue weighted by atomic mass is 10.0. The number of halogens is 2. The third-order valence-electron chi connectivity index (χ3n) is 3.27. The Morgan fingerprint density at radius 3 is 2.75 bits per heavy atom. The Morgan fingerprint density at radius 1 is 1.20 bits per heavy atom. The molecule has 1 aromatic carbocycles. The molecule has 0 N–H and O–H groups in total. The Morgan fingerprint density at radius 2 is 2.00 bits per heavy atom. The van der Waals surface area contributed by atoms with Crippen molar-refractivity contribution < 1.29 is 13.6 Å². The van der Waals surface area contributed by atoms with E-state index >= 15 is 0 Å². The molecule has 1 aromatic heterocycles.